The Morgan fingerprint density at radius 3 is 2.93 bits per heavy atom. The van der Waals surface area contributed by atoms with Gasteiger partial charge in [-0.1, -0.05) is 33.9 Å². The van der Waals surface area contributed by atoms with E-state index in [9.17, 15) is 0 Å². The maximum atomic E-state index is 3.55. The van der Waals surface area contributed by atoms with Gasteiger partial charge in [0.15, 0.2) is 0 Å². The van der Waals surface area contributed by atoms with Crippen molar-refractivity contribution in [3.63, 3.8) is 0 Å². The smallest absolute Gasteiger partial charge is 0.0283 e. The molecule has 0 amide bonds. The number of fused-ring (bicyclic) bond motifs is 1. The Kier molecular flexibility index (Phi) is 2.79. The molecular formula is C12H14BrNS. The second-order valence-corrected chi connectivity index (χ2v) is 6.35. The lowest BCUT2D eigenvalue weighted by atomic mass is 10.1. The molecule has 3 rings (SSSR count). The van der Waals surface area contributed by atoms with Crippen LogP contribution in [0.15, 0.2) is 22.7 Å². The van der Waals surface area contributed by atoms with Gasteiger partial charge in [0.1, 0.15) is 0 Å². The van der Waals surface area contributed by atoms with Crippen molar-refractivity contribution >= 4 is 27.9 Å². The lowest BCUT2D eigenvalue weighted by Crippen LogP contribution is -2.27. The molecule has 2 aliphatic rings. The molecule has 0 N–H and O–H groups in total. The van der Waals surface area contributed by atoms with Crippen LogP contribution in [-0.2, 0) is 12.8 Å². The van der Waals surface area contributed by atoms with Gasteiger partial charge in [-0.05, 0) is 42.5 Å². The van der Waals surface area contributed by atoms with Gasteiger partial charge >= 0.3 is 0 Å². The number of halogens is 1. The first-order valence-corrected chi connectivity index (χ1v) is 7.23. The maximum absolute atomic E-state index is 3.55. The standard InChI is InChI=1S/C12H14BrNS/c13-11-3-2-9-7-12(8-10(9)6-11)14-4-1-5-15-14/h2-3,6,12H,1,4-5,7-8H2/t12-/m0/s1. The Bertz CT molecular complexity index is 374. The number of rotatable bonds is 1. The molecule has 1 aliphatic carbocycles. The predicted octanol–water partition coefficient (Wildman–Crippen LogP) is 3.27. The van der Waals surface area contributed by atoms with Crippen LogP contribution in [0.25, 0.3) is 0 Å². The van der Waals surface area contributed by atoms with E-state index in [-0.39, 0.29) is 0 Å². The van der Waals surface area contributed by atoms with Gasteiger partial charge in [-0.15, -0.1) is 0 Å². The molecule has 3 heteroatoms. The van der Waals surface area contributed by atoms with Crippen molar-refractivity contribution in [3.8, 4) is 0 Å². The van der Waals surface area contributed by atoms with Gasteiger partial charge in [0.2, 0.25) is 0 Å². The highest BCUT2D eigenvalue weighted by atomic mass is 79.9. The van der Waals surface area contributed by atoms with E-state index in [1.54, 1.807) is 11.1 Å². The number of nitrogens with zero attached hydrogens (tertiary/aromatic N) is 1. The summed E-state index contributed by atoms with van der Waals surface area (Å²) in [6.07, 6.45) is 3.85. The minimum absolute atomic E-state index is 0.752. The van der Waals surface area contributed by atoms with Gasteiger partial charge < -0.3 is 0 Å². The molecule has 1 fully saturated rings. The summed E-state index contributed by atoms with van der Waals surface area (Å²) in [5.41, 5.74) is 3.09. The summed E-state index contributed by atoms with van der Waals surface area (Å²) in [6.45, 7) is 1.28. The molecule has 0 saturated carbocycles. The average molecular weight is 284 g/mol. The summed E-state index contributed by atoms with van der Waals surface area (Å²) in [6, 6.07) is 7.48. The van der Waals surface area contributed by atoms with E-state index in [1.807, 2.05) is 11.9 Å². The monoisotopic (exact) mass is 283 g/mol. The summed E-state index contributed by atoms with van der Waals surface area (Å²) in [7, 11) is 0. The van der Waals surface area contributed by atoms with Crippen molar-refractivity contribution in [3.05, 3.63) is 33.8 Å². The van der Waals surface area contributed by atoms with Gasteiger partial charge in [-0.3, -0.25) is 0 Å². The minimum Gasteiger partial charge on any atom is -0.247 e. The summed E-state index contributed by atoms with van der Waals surface area (Å²) in [5.74, 6) is 1.32. The Morgan fingerprint density at radius 1 is 1.27 bits per heavy atom. The fourth-order valence-corrected chi connectivity index (χ4v) is 4.04. The second-order valence-electron chi connectivity index (χ2n) is 4.30. The third kappa shape index (κ3) is 1.97. The molecule has 1 aromatic carbocycles. The van der Waals surface area contributed by atoms with Crippen LogP contribution < -0.4 is 0 Å². The van der Waals surface area contributed by atoms with Gasteiger partial charge in [0.05, 0.1) is 0 Å². The molecule has 0 aromatic heterocycles. The van der Waals surface area contributed by atoms with E-state index in [2.05, 4.69) is 38.4 Å². The molecule has 1 aromatic rings. The first-order valence-electron chi connectivity index (χ1n) is 5.50. The highest BCUT2D eigenvalue weighted by Crippen LogP contribution is 2.33. The Hall–Kier alpha value is 0.01000. The fourth-order valence-electron chi connectivity index (χ4n) is 2.52. The molecule has 0 spiro atoms. The average Bonchev–Trinajstić information content (AvgIpc) is 2.84. The van der Waals surface area contributed by atoms with Crippen LogP contribution in [0.1, 0.15) is 17.5 Å². The zero-order valence-corrected chi connectivity index (χ0v) is 11.0. The van der Waals surface area contributed by atoms with Gasteiger partial charge in [0, 0.05) is 22.8 Å². The fraction of sp³-hybridized carbons (Fsp3) is 0.500. The molecule has 1 aliphatic heterocycles. The van der Waals surface area contributed by atoms with Crippen molar-refractivity contribution in [1.29, 1.82) is 0 Å². The van der Waals surface area contributed by atoms with Crippen molar-refractivity contribution in [2.24, 2.45) is 0 Å². The summed E-state index contributed by atoms with van der Waals surface area (Å²) < 4.78 is 3.81. The molecule has 1 saturated heterocycles. The lowest BCUT2D eigenvalue weighted by Gasteiger charge is -2.21. The molecule has 1 nitrogen and oxygen atoms in total. The Morgan fingerprint density at radius 2 is 2.13 bits per heavy atom. The first kappa shape index (κ1) is 10.2. The Balaban J connectivity index is 1.79. The maximum Gasteiger partial charge on any atom is 0.0283 e. The van der Waals surface area contributed by atoms with Crippen molar-refractivity contribution in [2.45, 2.75) is 25.3 Å². The van der Waals surface area contributed by atoms with E-state index in [1.165, 1.54) is 36.0 Å². The molecule has 15 heavy (non-hydrogen) atoms. The normalized spacial score (nSPS) is 25.8. The van der Waals surface area contributed by atoms with Gasteiger partial charge in [0.25, 0.3) is 0 Å². The molecule has 0 bridgehead atoms. The van der Waals surface area contributed by atoms with Gasteiger partial charge in [-0.25, -0.2) is 4.31 Å². The highest BCUT2D eigenvalue weighted by molar-refractivity contribution is 9.10. The molecule has 1 heterocycles. The van der Waals surface area contributed by atoms with Gasteiger partial charge in [-0.2, -0.15) is 0 Å². The largest absolute Gasteiger partial charge is 0.247 e. The van der Waals surface area contributed by atoms with Crippen LogP contribution >= 0.6 is 27.9 Å². The summed E-state index contributed by atoms with van der Waals surface area (Å²) in [5, 5.41) is 0. The zero-order valence-electron chi connectivity index (χ0n) is 8.58. The zero-order chi connectivity index (χ0) is 10.3. The van der Waals surface area contributed by atoms with E-state index in [0.717, 1.165) is 6.04 Å². The van der Waals surface area contributed by atoms with Crippen molar-refractivity contribution in [2.75, 3.05) is 12.3 Å². The number of hydrogen-bond acceptors (Lipinski definition) is 2. The topological polar surface area (TPSA) is 3.24 Å². The molecule has 0 radical (unpaired) electrons. The number of benzene rings is 1. The second kappa shape index (κ2) is 4.11. The first-order chi connectivity index (χ1) is 7.33. The highest BCUT2D eigenvalue weighted by Gasteiger charge is 2.28. The number of hydrogen-bond donors (Lipinski definition) is 0. The van der Waals surface area contributed by atoms with Crippen molar-refractivity contribution in [1.82, 2.24) is 4.31 Å². The van der Waals surface area contributed by atoms with E-state index < -0.39 is 0 Å². The minimum atomic E-state index is 0.752. The molecule has 80 valence electrons. The summed E-state index contributed by atoms with van der Waals surface area (Å²) in [4.78, 5) is 0. The van der Waals surface area contributed by atoms with Crippen molar-refractivity contribution < 1.29 is 0 Å². The molecular weight excluding hydrogens is 270 g/mol. The summed E-state index contributed by atoms with van der Waals surface area (Å²) >= 11 is 5.59. The van der Waals surface area contributed by atoms with Crippen LogP contribution in [0.2, 0.25) is 0 Å². The van der Waals surface area contributed by atoms with Crippen LogP contribution in [0.3, 0.4) is 0 Å². The quantitative estimate of drug-likeness (QED) is 0.728. The van der Waals surface area contributed by atoms with E-state index in [4.69, 9.17) is 0 Å². The SMILES string of the molecule is Brc1ccc2c(c1)C[C@@H](N1CCCS1)C2. The van der Waals surface area contributed by atoms with Crippen LogP contribution in [0.5, 0.6) is 0 Å². The van der Waals surface area contributed by atoms with E-state index in [0.29, 0.717) is 0 Å². The molecule has 0 unspecified atom stereocenters. The third-order valence-electron chi connectivity index (χ3n) is 3.27. The van der Waals surface area contributed by atoms with Crippen LogP contribution in [0, 0.1) is 0 Å². The van der Waals surface area contributed by atoms with Crippen LogP contribution in [0.4, 0.5) is 0 Å². The Labute approximate surface area is 103 Å². The van der Waals surface area contributed by atoms with Crippen LogP contribution in [-0.4, -0.2) is 22.6 Å². The lowest BCUT2D eigenvalue weighted by molar-refractivity contribution is 0.379. The third-order valence-corrected chi connectivity index (χ3v) is 5.04. The molecule has 1 atom stereocenters. The predicted molar refractivity (Wildman–Crippen MR) is 69.1 cm³/mol. The van der Waals surface area contributed by atoms with E-state index >= 15 is 0 Å².